The highest BCUT2D eigenvalue weighted by molar-refractivity contribution is 6.08. The Hall–Kier alpha value is -2.87. The minimum atomic E-state index is 0.982. The van der Waals surface area contributed by atoms with Crippen molar-refractivity contribution in [3.63, 3.8) is 0 Å². The van der Waals surface area contributed by atoms with Crippen LogP contribution in [0.5, 0.6) is 0 Å². The first kappa shape index (κ1) is 13.8. The third kappa shape index (κ3) is 2.42. The van der Waals surface area contributed by atoms with E-state index in [2.05, 4.69) is 71.1 Å². The van der Waals surface area contributed by atoms with Crippen LogP contribution >= 0.6 is 0 Å². The maximum absolute atomic E-state index is 4.05. The fourth-order valence-electron chi connectivity index (χ4n) is 3.18. The summed E-state index contributed by atoms with van der Waals surface area (Å²) in [6, 6.07) is 19.3. The fraction of sp³-hybridized carbons (Fsp3) is 0.0952. The van der Waals surface area contributed by atoms with Gasteiger partial charge in [-0.15, -0.1) is 0 Å². The average molecular weight is 298 g/mol. The van der Waals surface area contributed by atoms with Gasteiger partial charge in [0.2, 0.25) is 0 Å². The first-order valence-electron chi connectivity index (χ1n) is 7.96. The highest BCUT2D eigenvalue weighted by Gasteiger charge is 2.08. The lowest BCUT2D eigenvalue weighted by Gasteiger charge is -2.02. The van der Waals surface area contributed by atoms with Crippen LogP contribution in [0.25, 0.3) is 34.0 Å². The van der Waals surface area contributed by atoms with Crippen LogP contribution in [-0.4, -0.2) is 9.55 Å². The molecule has 0 fully saturated rings. The van der Waals surface area contributed by atoms with Crippen LogP contribution in [0.15, 0.2) is 67.0 Å². The van der Waals surface area contributed by atoms with Gasteiger partial charge in [-0.1, -0.05) is 36.4 Å². The Morgan fingerprint density at radius 2 is 1.57 bits per heavy atom. The second-order valence-corrected chi connectivity index (χ2v) is 5.65. The van der Waals surface area contributed by atoms with Gasteiger partial charge < -0.3 is 4.57 Å². The number of benzene rings is 2. The summed E-state index contributed by atoms with van der Waals surface area (Å²) in [5.74, 6) is 0. The summed E-state index contributed by atoms with van der Waals surface area (Å²) in [6.45, 7) is 3.18. The van der Waals surface area contributed by atoms with Gasteiger partial charge in [0, 0.05) is 40.7 Å². The molecule has 4 rings (SSSR count). The summed E-state index contributed by atoms with van der Waals surface area (Å²) in [6.07, 6.45) is 7.92. The lowest BCUT2D eigenvalue weighted by molar-refractivity contribution is 0.827. The number of hydrogen-bond donors (Lipinski definition) is 0. The summed E-state index contributed by atoms with van der Waals surface area (Å²) < 4.78 is 2.38. The molecule has 0 aliphatic rings. The lowest BCUT2D eigenvalue weighted by atomic mass is 10.1. The maximum Gasteiger partial charge on any atom is 0.0491 e. The predicted molar refractivity (Wildman–Crippen MR) is 98.3 cm³/mol. The molecule has 2 heteroatoms. The van der Waals surface area contributed by atoms with E-state index in [1.54, 1.807) is 0 Å². The van der Waals surface area contributed by atoms with Gasteiger partial charge in [-0.3, -0.25) is 4.98 Å². The molecule has 2 heterocycles. The summed E-state index contributed by atoms with van der Waals surface area (Å²) >= 11 is 0. The summed E-state index contributed by atoms with van der Waals surface area (Å²) in [4.78, 5) is 4.05. The Morgan fingerprint density at radius 3 is 2.39 bits per heavy atom. The largest absolute Gasteiger partial charge is 0.341 e. The zero-order valence-electron chi connectivity index (χ0n) is 13.1. The molecule has 2 nitrogen and oxygen atoms in total. The van der Waals surface area contributed by atoms with E-state index >= 15 is 0 Å². The lowest BCUT2D eigenvalue weighted by Crippen LogP contribution is -1.92. The quantitative estimate of drug-likeness (QED) is 0.496. The second-order valence-electron chi connectivity index (χ2n) is 5.65. The third-order valence-electron chi connectivity index (χ3n) is 4.29. The Bertz CT molecular complexity index is 994. The molecule has 0 aliphatic carbocycles. The minimum Gasteiger partial charge on any atom is -0.341 e. The molecule has 0 N–H and O–H groups in total. The van der Waals surface area contributed by atoms with Crippen molar-refractivity contribution in [2.75, 3.05) is 0 Å². The van der Waals surface area contributed by atoms with Crippen LogP contribution in [0.1, 0.15) is 18.1 Å². The van der Waals surface area contributed by atoms with Crippen LogP contribution in [0, 0.1) is 0 Å². The van der Waals surface area contributed by atoms with Gasteiger partial charge in [-0.25, -0.2) is 0 Å². The number of aromatic nitrogens is 2. The van der Waals surface area contributed by atoms with Gasteiger partial charge in [-0.05, 0) is 48.4 Å². The molecule has 23 heavy (non-hydrogen) atoms. The number of pyridine rings is 1. The summed E-state index contributed by atoms with van der Waals surface area (Å²) in [7, 11) is 0. The van der Waals surface area contributed by atoms with Crippen LogP contribution < -0.4 is 0 Å². The summed E-state index contributed by atoms with van der Waals surface area (Å²) in [5, 5.41) is 2.64. The fourth-order valence-corrected chi connectivity index (χ4v) is 3.18. The molecule has 0 saturated heterocycles. The summed E-state index contributed by atoms with van der Waals surface area (Å²) in [5.41, 5.74) is 4.99. The van der Waals surface area contributed by atoms with Crippen LogP contribution in [0.4, 0.5) is 0 Å². The van der Waals surface area contributed by atoms with E-state index in [1.807, 2.05) is 24.5 Å². The Morgan fingerprint density at radius 1 is 0.826 bits per heavy atom. The topological polar surface area (TPSA) is 17.8 Å². The zero-order valence-corrected chi connectivity index (χ0v) is 13.1. The van der Waals surface area contributed by atoms with E-state index in [4.69, 9.17) is 0 Å². The van der Waals surface area contributed by atoms with E-state index in [-0.39, 0.29) is 0 Å². The number of para-hydroxylation sites is 1. The van der Waals surface area contributed by atoms with E-state index in [9.17, 15) is 0 Å². The van der Waals surface area contributed by atoms with Crippen molar-refractivity contribution in [3.05, 3.63) is 78.1 Å². The molecule has 0 radical (unpaired) electrons. The Labute approximate surface area is 135 Å². The maximum atomic E-state index is 4.05. The number of rotatable bonds is 3. The van der Waals surface area contributed by atoms with Crippen LogP contribution in [-0.2, 0) is 6.54 Å². The number of hydrogen-bond acceptors (Lipinski definition) is 1. The first-order valence-corrected chi connectivity index (χ1v) is 7.96. The molecule has 0 spiro atoms. The molecule has 0 unspecified atom stereocenters. The highest BCUT2D eigenvalue weighted by atomic mass is 15.0. The van der Waals surface area contributed by atoms with Gasteiger partial charge in [0.25, 0.3) is 0 Å². The Balaban J connectivity index is 1.85. The first-order chi connectivity index (χ1) is 11.4. The Kier molecular flexibility index (Phi) is 3.43. The van der Waals surface area contributed by atoms with Crippen LogP contribution in [0.3, 0.4) is 0 Å². The molecule has 0 bridgehead atoms. The molecule has 0 aliphatic heterocycles. The van der Waals surface area contributed by atoms with E-state index in [0.717, 1.165) is 12.1 Å². The van der Waals surface area contributed by atoms with Crippen molar-refractivity contribution in [2.45, 2.75) is 13.5 Å². The minimum absolute atomic E-state index is 0.982. The van der Waals surface area contributed by atoms with Gasteiger partial charge in [0.15, 0.2) is 0 Å². The van der Waals surface area contributed by atoms with Crippen LogP contribution in [0.2, 0.25) is 0 Å². The number of nitrogens with zero attached hydrogens (tertiary/aromatic N) is 2. The van der Waals surface area contributed by atoms with Gasteiger partial charge in [-0.2, -0.15) is 0 Å². The molecule has 0 atom stereocenters. The van der Waals surface area contributed by atoms with E-state index in [1.165, 1.54) is 27.4 Å². The molecule has 112 valence electrons. The van der Waals surface area contributed by atoms with Gasteiger partial charge in [0.05, 0.1) is 0 Å². The normalized spacial score (nSPS) is 11.7. The predicted octanol–water partition coefficient (Wildman–Crippen LogP) is 5.38. The molecule has 4 aromatic rings. The standard InChI is InChI=1S/C21H18N2/c1-2-23-20-6-4-3-5-18(20)19-15-17(9-10-21(19)23)8-7-16-11-13-22-14-12-16/h3-15H,2H2,1H3/b8-7+. The molecule has 0 saturated carbocycles. The third-order valence-corrected chi connectivity index (χ3v) is 4.29. The zero-order chi connectivity index (χ0) is 15.6. The highest BCUT2D eigenvalue weighted by Crippen LogP contribution is 2.30. The monoisotopic (exact) mass is 298 g/mol. The molecule has 0 amide bonds. The SMILES string of the molecule is CCn1c2ccccc2c2cc(/C=C/c3ccncc3)ccc21. The second kappa shape index (κ2) is 5.73. The van der Waals surface area contributed by atoms with Gasteiger partial charge in [0.1, 0.15) is 0 Å². The van der Waals surface area contributed by atoms with Gasteiger partial charge >= 0.3 is 0 Å². The average Bonchev–Trinajstić information content (AvgIpc) is 2.94. The van der Waals surface area contributed by atoms with Crippen molar-refractivity contribution in [3.8, 4) is 0 Å². The van der Waals surface area contributed by atoms with Crippen molar-refractivity contribution in [1.82, 2.24) is 9.55 Å². The molecular formula is C21H18N2. The smallest absolute Gasteiger partial charge is 0.0491 e. The van der Waals surface area contributed by atoms with Crippen molar-refractivity contribution < 1.29 is 0 Å². The van der Waals surface area contributed by atoms with Crippen molar-refractivity contribution in [1.29, 1.82) is 0 Å². The molecule has 2 aromatic heterocycles. The van der Waals surface area contributed by atoms with E-state index < -0.39 is 0 Å². The van der Waals surface area contributed by atoms with E-state index in [0.29, 0.717) is 0 Å². The van der Waals surface area contributed by atoms with Crippen molar-refractivity contribution >= 4 is 34.0 Å². The number of aryl methyl sites for hydroxylation is 1. The molecular weight excluding hydrogens is 280 g/mol. The van der Waals surface area contributed by atoms with Crippen molar-refractivity contribution in [2.24, 2.45) is 0 Å². The molecule has 2 aromatic carbocycles. The number of fused-ring (bicyclic) bond motifs is 3.